The van der Waals surface area contributed by atoms with Gasteiger partial charge in [0, 0.05) is 5.30 Å². The molecule has 0 heterocycles. The minimum atomic E-state index is -2.36. The molecular formula is C18H15O2P2+. The Morgan fingerprint density at radius 2 is 1.14 bits per heavy atom. The van der Waals surface area contributed by atoms with Crippen molar-refractivity contribution in [2.45, 2.75) is 0 Å². The summed E-state index contributed by atoms with van der Waals surface area (Å²) in [4.78, 5) is 9.67. The Labute approximate surface area is 132 Å². The van der Waals surface area contributed by atoms with Crippen LogP contribution < -0.4 is 21.2 Å². The van der Waals surface area contributed by atoms with Gasteiger partial charge < -0.3 is 0 Å². The second-order valence-corrected chi connectivity index (χ2v) is 7.98. The maximum atomic E-state index is 11.7. The summed E-state index contributed by atoms with van der Waals surface area (Å²) in [5, 5.41) is 3.82. The van der Waals surface area contributed by atoms with E-state index in [-0.39, 0.29) is 0 Å². The summed E-state index contributed by atoms with van der Waals surface area (Å²) in [7, 11) is -3.21. The lowest BCUT2D eigenvalue weighted by Crippen LogP contribution is -2.28. The van der Waals surface area contributed by atoms with Gasteiger partial charge in [0.1, 0.15) is 0 Å². The molecule has 3 rings (SSSR count). The van der Waals surface area contributed by atoms with E-state index in [9.17, 15) is 9.46 Å². The maximum absolute atomic E-state index is 11.7. The van der Waals surface area contributed by atoms with Gasteiger partial charge in [-0.1, -0.05) is 72.8 Å². The molecule has 0 saturated carbocycles. The lowest BCUT2D eigenvalue weighted by Gasteiger charge is -2.18. The molecule has 0 aliphatic rings. The predicted octanol–water partition coefficient (Wildman–Crippen LogP) is 2.80. The third-order valence-corrected chi connectivity index (χ3v) is 6.84. The van der Waals surface area contributed by atoms with Crippen molar-refractivity contribution >= 4 is 37.2 Å². The molecule has 0 saturated heterocycles. The Balaban J connectivity index is 2.21. The Hall–Kier alpha value is -1.85. The van der Waals surface area contributed by atoms with Gasteiger partial charge in [-0.15, -0.1) is 0 Å². The minimum Gasteiger partial charge on any atom is -0.156 e. The van der Waals surface area contributed by atoms with Crippen molar-refractivity contribution in [3.63, 3.8) is 0 Å². The number of benzene rings is 3. The molecule has 2 nitrogen and oxygen atoms in total. The summed E-state index contributed by atoms with van der Waals surface area (Å²) < 4.78 is 11.7. The summed E-state index contributed by atoms with van der Waals surface area (Å²) in [5.41, 5.74) is 0. The summed E-state index contributed by atoms with van der Waals surface area (Å²) in [6, 6.07) is 27.8. The van der Waals surface area contributed by atoms with Crippen LogP contribution in [0.1, 0.15) is 0 Å². The van der Waals surface area contributed by atoms with Crippen molar-refractivity contribution < 1.29 is 9.46 Å². The summed E-state index contributed by atoms with van der Waals surface area (Å²) in [5.74, 6) is 0. The molecule has 22 heavy (non-hydrogen) atoms. The van der Waals surface area contributed by atoms with Gasteiger partial charge in [0.15, 0.2) is 0 Å². The van der Waals surface area contributed by atoms with Crippen molar-refractivity contribution in [1.82, 2.24) is 0 Å². The van der Waals surface area contributed by atoms with E-state index in [1.54, 1.807) is 6.07 Å². The molecule has 1 N–H and O–H groups in total. The Morgan fingerprint density at radius 3 is 1.64 bits per heavy atom. The molecule has 1 atom stereocenters. The van der Waals surface area contributed by atoms with Crippen LogP contribution in [0, 0.1) is 0 Å². The van der Waals surface area contributed by atoms with E-state index in [1.165, 1.54) is 10.6 Å². The molecule has 0 aromatic heterocycles. The SMILES string of the molecule is O=[P+](O)c1ccccc1P(c1ccccc1)c1ccccc1. The van der Waals surface area contributed by atoms with Crippen molar-refractivity contribution in [1.29, 1.82) is 0 Å². The first-order chi connectivity index (χ1) is 10.8. The summed E-state index contributed by atoms with van der Waals surface area (Å²) in [6.07, 6.45) is 0. The zero-order valence-electron chi connectivity index (χ0n) is 11.8. The fourth-order valence-electron chi connectivity index (χ4n) is 2.40. The van der Waals surface area contributed by atoms with Gasteiger partial charge in [-0.3, -0.25) is 0 Å². The van der Waals surface area contributed by atoms with Crippen LogP contribution >= 0.6 is 15.9 Å². The molecule has 0 fully saturated rings. The molecule has 108 valence electrons. The first kappa shape index (κ1) is 15.1. The zero-order chi connectivity index (χ0) is 15.4. The predicted molar refractivity (Wildman–Crippen MR) is 94.6 cm³/mol. The van der Waals surface area contributed by atoms with E-state index in [4.69, 9.17) is 0 Å². The molecule has 0 bridgehead atoms. The van der Waals surface area contributed by atoms with E-state index in [0.717, 1.165) is 5.30 Å². The lowest BCUT2D eigenvalue weighted by atomic mass is 10.3. The maximum Gasteiger partial charge on any atom is 0.546 e. The molecular weight excluding hydrogens is 310 g/mol. The van der Waals surface area contributed by atoms with E-state index in [1.807, 2.05) is 54.6 Å². The standard InChI is InChI=1S/C18H14O2P2/c19-22(20)18-14-8-7-13-17(18)21(15-9-3-1-4-10-15)16-11-5-2-6-12-16/h1-14H/p+1. The highest BCUT2D eigenvalue weighted by atomic mass is 31.1. The molecule has 0 aliphatic carbocycles. The smallest absolute Gasteiger partial charge is 0.156 e. The summed E-state index contributed by atoms with van der Waals surface area (Å²) >= 11 is 0. The third-order valence-electron chi connectivity index (χ3n) is 3.36. The second kappa shape index (κ2) is 6.94. The highest BCUT2D eigenvalue weighted by Gasteiger charge is 2.28. The monoisotopic (exact) mass is 325 g/mol. The van der Waals surface area contributed by atoms with E-state index >= 15 is 0 Å². The quantitative estimate of drug-likeness (QED) is 0.749. The molecule has 0 aliphatic heterocycles. The number of hydrogen-bond acceptors (Lipinski definition) is 1. The van der Waals surface area contributed by atoms with Crippen LogP contribution in [0.5, 0.6) is 0 Å². The Bertz CT molecular complexity index is 734. The van der Waals surface area contributed by atoms with Gasteiger partial charge in [-0.2, -0.15) is 4.89 Å². The average Bonchev–Trinajstić information content (AvgIpc) is 2.57. The molecule has 3 aromatic rings. The number of rotatable bonds is 4. The van der Waals surface area contributed by atoms with Crippen LogP contribution in [-0.2, 0) is 4.57 Å². The molecule has 0 radical (unpaired) electrons. The normalized spacial score (nSPS) is 11.5. The van der Waals surface area contributed by atoms with Crippen molar-refractivity contribution in [2.24, 2.45) is 0 Å². The first-order valence-corrected chi connectivity index (χ1v) is 9.48. The Morgan fingerprint density at radius 1 is 0.682 bits per heavy atom. The van der Waals surface area contributed by atoms with Gasteiger partial charge in [0.05, 0.1) is 0 Å². The third kappa shape index (κ3) is 3.15. The van der Waals surface area contributed by atoms with Crippen LogP contribution in [0.4, 0.5) is 0 Å². The topological polar surface area (TPSA) is 37.3 Å². The first-order valence-electron chi connectivity index (χ1n) is 6.93. The van der Waals surface area contributed by atoms with E-state index in [0.29, 0.717) is 5.30 Å². The molecule has 1 unspecified atom stereocenters. The van der Waals surface area contributed by atoms with Gasteiger partial charge in [0.25, 0.3) is 0 Å². The van der Waals surface area contributed by atoms with Crippen LogP contribution in [0.25, 0.3) is 0 Å². The van der Waals surface area contributed by atoms with Gasteiger partial charge in [-0.05, 0) is 35.2 Å². The van der Waals surface area contributed by atoms with Crippen molar-refractivity contribution in [3.8, 4) is 0 Å². The fourth-order valence-corrected chi connectivity index (χ4v) is 5.77. The molecule has 0 amide bonds. The van der Waals surface area contributed by atoms with Gasteiger partial charge >= 0.3 is 8.03 Å². The molecule has 0 spiro atoms. The highest BCUT2D eigenvalue weighted by molar-refractivity contribution is 7.81. The van der Waals surface area contributed by atoms with E-state index < -0.39 is 15.9 Å². The van der Waals surface area contributed by atoms with Gasteiger partial charge in [-0.25, -0.2) is 0 Å². The largest absolute Gasteiger partial charge is 0.546 e. The Kier molecular flexibility index (Phi) is 4.75. The summed E-state index contributed by atoms with van der Waals surface area (Å²) in [6.45, 7) is 0. The van der Waals surface area contributed by atoms with Gasteiger partial charge in [0.2, 0.25) is 5.30 Å². The molecule has 3 aromatic carbocycles. The van der Waals surface area contributed by atoms with Crippen LogP contribution in [-0.4, -0.2) is 4.89 Å². The van der Waals surface area contributed by atoms with Crippen molar-refractivity contribution in [2.75, 3.05) is 0 Å². The van der Waals surface area contributed by atoms with Crippen molar-refractivity contribution in [3.05, 3.63) is 84.9 Å². The lowest BCUT2D eigenvalue weighted by molar-refractivity contribution is 0.513. The fraction of sp³-hybridized carbons (Fsp3) is 0. The zero-order valence-corrected chi connectivity index (χ0v) is 13.6. The van der Waals surface area contributed by atoms with Crippen LogP contribution in [0.15, 0.2) is 84.9 Å². The second-order valence-electron chi connectivity index (χ2n) is 4.77. The minimum absolute atomic E-state index is 0.524. The van der Waals surface area contributed by atoms with E-state index in [2.05, 4.69) is 24.3 Å². The average molecular weight is 325 g/mol. The van der Waals surface area contributed by atoms with Crippen LogP contribution in [0.3, 0.4) is 0 Å². The van der Waals surface area contributed by atoms with Crippen LogP contribution in [0.2, 0.25) is 0 Å². The highest BCUT2D eigenvalue weighted by Crippen LogP contribution is 2.33. The number of hydrogen-bond donors (Lipinski definition) is 1. The molecule has 4 heteroatoms.